The molecule has 0 radical (unpaired) electrons. The van der Waals surface area contributed by atoms with Gasteiger partial charge in [-0.2, -0.15) is 0 Å². The maximum absolute atomic E-state index is 9.18. The molecule has 2 unspecified atom stereocenters. The SMILES string of the molecule is OC1/C=C/CCCCC1O. The molecule has 1 aliphatic rings. The van der Waals surface area contributed by atoms with Crippen LogP contribution in [-0.4, -0.2) is 22.4 Å². The fourth-order valence-electron chi connectivity index (χ4n) is 1.15. The molecule has 0 aliphatic heterocycles. The first-order chi connectivity index (χ1) is 4.80. The summed E-state index contributed by atoms with van der Waals surface area (Å²) in [5.74, 6) is 0. The summed E-state index contributed by atoms with van der Waals surface area (Å²) in [5, 5.41) is 18.3. The Morgan fingerprint density at radius 2 is 2.00 bits per heavy atom. The number of allylic oxidation sites excluding steroid dienone is 1. The van der Waals surface area contributed by atoms with Gasteiger partial charge in [0.2, 0.25) is 0 Å². The third-order valence-electron chi connectivity index (χ3n) is 1.85. The van der Waals surface area contributed by atoms with E-state index in [-0.39, 0.29) is 0 Å². The lowest BCUT2D eigenvalue weighted by atomic mass is 10.0. The molecular formula is C8H14O2. The molecule has 10 heavy (non-hydrogen) atoms. The van der Waals surface area contributed by atoms with Crippen LogP contribution in [0, 0.1) is 0 Å². The second-order valence-corrected chi connectivity index (χ2v) is 2.77. The molecule has 0 aromatic rings. The molecule has 0 amide bonds. The Morgan fingerprint density at radius 1 is 1.20 bits per heavy atom. The minimum absolute atomic E-state index is 0.545. The Morgan fingerprint density at radius 3 is 2.80 bits per heavy atom. The fraction of sp³-hybridized carbons (Fsp3) is 0.750. The van der Waals surface area contributed by atoms with E-state index in [1.165, 1.54) is 0 Å². The molecule has 2 heteroatoms. The highest BCUT2D eigenvalue weighted by Crippen LogP contribution is 2.11. The summed E-state index contributed by atoms with van der Waals surface area (Å²) in [4.78, 5) is 0. The van der Waals surface area contributed by atoms with E-state index in [9.17, 15) is 5.11 Å². The number of aliphatic hydroxyl groups excluding tert-OH is 2. The van der Waals surface area contributed by atoms with E-state index in [1.54, 1.807) is 6.08 Å². The van der Waals surface area contributed by atoms with Gasteiger partial charge in [0.05, 0.1) is 12.2 Å². The van der Waals surface area contributed by atoms with Gasteiger partial charge in [-0.05, 0) is 19.3 Å². The van der Waals surface area contributed by atoms with Crippen LogP contribution in [0.4, 0.5) is 0 Å². The normalized spacial score (nSPS) is 38.2. The number of aliphatic hydroxyl groups is 2. The van der Waals surface area contributed by atoms with E-state index in [1.807, 2.05) is 6.08 Å². The van der Waals surface area contributed by atoms with Gasteiger partial charge in [-0.25, -0.2) is 0 Å². The van der Waals surface area contributed by atoms with Gasteiger partial charge in [0, 0.05) is 0 Å². The van der Waals surface area contributed by atoms with Crippen LogP contribution >= 0.6 is 0 Å². The average molecular weight is 142 g/mol. The third-order valence-corrected chi connectivity index (χ3v) is 1.85. The van der Waals surface area contributed by atoms with Crippen LogP contribution in [0.3, 0.4) is 0 Å². The van der Waals surface area contributed by atoms with Crippen LogP contribution in [-0.2, 0) is 0 Å². The van der Waals surface area contributed by atoms with Crippen molar-refractivity contribution in [1.82, 2.24) is 0 Å². The minimum Gasteiger partial charge on any atom is -0.390 e. The van der Waals surface area contributed by atoms with Gasteiger partial charge < -0.3 is 10.2 Å². The zero-order chi connectivity index (χ0) is 7.40. The second kappa shape index (κ2) is 3.74. The summed E-state index contributed by atoms with van der Waals surface area (Å²) in [6.45, 7) is 0. The molecule has 2 nitrogen and oxygen atoms in total. The highest BCUT2D eigenvalue weighted by Gasteiger charge is 2.13. The maximum Gasteiger partial charge on any atom is 0.0979 e. The summed E-state index contributed by atoms with van der Waals surface area (Å²) in [6, 6.07) is 0. The molecule has 0 aromatic heterocycles. The van der Waals surface area contributed by atoms with Crippen LogP contribution in [0.1, 0.15) is 25.7 Å². The summed E-state index contributed by atoms with van der Waals surface area (Å²) >= 11 is 0. The standard InChI is InChI=1S/C8H14O2/c9-7-5-3-1-2-4-6-8(7)10/h3,5,7-10H,1-2,4,6H2/b5-3+. The maximum atomic E-state index is 9.18. The van der Waals surface area contributed by atoms with Gasteiger partial charge in [-0.15, -0.1) is 0 Å². The largest absolute Gasteiger partial charge is 0.390 e. The molecule has 0 aromatic carbocycles. The first kappa shape index (κ1) is 7.76. The van der Waals surface area contributed by atoms with Gasteiger partial charge >= 0.3 is 0 Å². The number of rotatable bonds is 0. The van der Waals surface area contributed by atoms with Crippen molar-refractivity contribution < 1.29 is 10.2 Å². The molecule has 0 spiro atoms. The van der Waals surface area contributed by atoms with E-state index in [0.717, 1.165) is 25.7 Å². The summed E-state index contributed by atoms with van der Waals surface area (Å²) in [5.41, 5.74) is 0. The fourth-order valence-corrected chi connectivity index (χ4v) is 1.15. The Bertz CT molecular complexity index is 120. The molecule has 0 saturated heterocycles. The van der Waals surface area contributed by atoms with Crippen molar-refractivity contribution >= 4 is 0 Å². The van der Waals surface area contributed by atoms with E-state index < -0.39 is 12.2 Å². The average Bonchev–Trinajstić information content (AvgIpc) is 1.92. The highest BCUT2D eigenvalue weighted by atomic mass is 16.3. The number of hydrogen-bond donors (Lipinski definition) is 2. The van der Waals surface area contributed by atoms with Gasteiger partial charge in [0.15, 0.2) is 0 Å². The highest BCUT2D eigenvalue weighted by molar-refractivity contribution is 4.93. The van der Waals surface area contributed by atoms with Crippen LogP contribution < -0.4 is 0 Å². The van der Waals surface area contributed by atoms with Crippen LogP contribution in [0.15, 0.2) is 12.2 Å². The predicted octanol–water partition coefficient (Wildman–Crippen LogP) is 0.838. The quantitative estimate of drug-likeness (QED) is 0.492. The Balaban J connectivity index is 2.44. The molecule has 0 saturated carbocycles. The van der Waals surface area contributed by atoms with Crippen molar-refractivity contribution in [3.05, 3.63) is 12.2 Å². The Labute approximate surface area is 61.2 Å². The third kappa shape index (κ3) is 2.12. The molecule has 2 atom stereocenters. The van der Waals surface area contributed by atoms with Crippen molar-refractivity contribution in [2.45, 2.75) is 37.9 Å². The minimum atomic E-state index is -0.639. The molecule has 0 bridgehead atoms. The molecule has 1 aliphatic carbocycles. The lowest BCUT2D eigenvalue weighted by molar-refractivity contribution is 0.0402. The Kier molecular flexibility index (Phi) is 2.90. The van der Waals surface area contributed by atoms with Crippen molar-refractivity contribution in [3.63, 3.8) is 0 Å². The lowest BCUT2D eigenvalue weighted by Crippen LogP contribution is -2.24. The van der Waals surface area contributed by atoms with Gasteiger partial charge in [0.25, 0.3) is 0 Å². The van der Waals surface area contributed by atoms with Crippen molar-refractivity contribution in [1.29, 1.82) is 0 Å². The lowest BCUT2D eigenvalue weighted by Gasteiger charge is -2.15. The molecule has 0 heterocycles. The van der Waals surface area contributed by atoms with Crippen LogP contribution in [0.5, 0.6) is 0 Å². The second-order valence-electron chi connectivity index (χ2n) is 2.77. The molecule has 0 fully saturated rings. The van der Waals surface area contributed by atoms with Crippen LogP contribution in [0.25, 0.3) is 0 Å². The van der Waals surface area contributed by atoms with Crippen molar-refractivity contribution in [2.75, 3.05) is 0 Å². The van der Waals surface area contributed by atoms with Crippen LogP contribution in [0.2, 0.25) is 0 Å². The van der Waals surface area contributed by atoms with E-state index in [2.05, 4.69) is 0 Å². The smallest absolute Gasteiger partial charge is 0.0979 e. The summed E-state index contributed by atoms with van der Waals surface area (Å²) in [7, 11) is 0. The van der Waals surface area contributed by atoms with Crippen molar-refractivity contribution in [3.8, 4) is 0 Å². The molecule has 1 rings (SSSR count). The zero-order valence-corrected chi connectivity index (χ0v) is 6.03. The van der Waals surface area contributed by atoms with E-state index >= 15 is 0 Å². The summed E-state index contributed by atoms with van der Waals surface area (Å²) in [6.07, 6.45) is 6.34. The van der Waals surface area contributed by atoms with Gasteiger partial charge in [-0.1, -0.05) is 18.6 Å². The first-order valence-corrected chi connectivity index (χ1v) is 3.83. The monoisotopic (exact) mass is 142 g/mol. The molecule has 58 valence electrons. The number of hydrogen-bond acceptors (Lipinski definition) is 2. The summed E-state index contributed by atoms with van der Waals surface area (Å²) < 4.78 is 0. The zero-order valence-electron chi connectivity index (χ0n) is 6.03. The van der Waals surface area contributed by atoms with Crippen molar-refractivity contribution in [2.24, 2.45) is 0 Å². The van der Waals surface area contributed by atoms with E-state index in [0.29, 0.717) is 0 Å². The van der Waals surface area contributed by atoms with E-state index in [4.69, 9.17) is 5.11 Å². The van der Waals surface area contributed by atoms with Gasteiger partial charge in [-0.3, -0.25) is 0 Å². The topological polar surface area (TPSA) is 40.5 Å². The van der Waals surface area contributed by atoms with Gasteiger partial charge in [0.1, 0.15) is 0 Å². The molecular weight excluding hydrogens is 128 g/mol. The predicted molar refractivity (Wildman–Crippen MR) is 39.6 cm³/mol. The molecule has 2 N–H and O–H groups in total. The first-order valence-electron chi connectivity index (χ1n) is 3.83. The Hall–Kier alpha value is -0.340.